The summed E-state index contributed by atoms with van der Waals surface area (Å²) in [5.41, 5.74) is 1.77. The van der Waals surface area contributed by atoms with Gasteiger partial charge in [0.25, 0.3) is 0 Å². The predicted molar refractivity (Wildman–Crippen MR) is 105 cm³/mol. The summed E-state index contributed by atoms with van der Waals surface area (Å²) in [6, 6.07) is 18.0. The molecular formula is C20H17N3O2S. The van der Waals surface area contributed by atoms with Crippen LogP contribution >= 0.6 is 11.8 Å². The van der Waals surface area contributed by atoms with Crippen molar-refractivity contribution in [1.82, 2.24) is 4.90 Å². The van der Waals surface area contributed by atoms with Crippen LogP contribution in [0.2, 0.25) is 0 Å². The molecule has 1 aliphatic heterocycles. The first-order valence-electron chi connectivity index (χ1n) is 8.28. The van der Waals surface area contributed by atoms with Gasteiger partial charge in [0.2, 0.25) is 5.91 Å². The molecule has 0 aliphatic carbocycles. The molecule has 0 unspecified atom stereocenters. The van der Waals surface area contributed by atoms with Crippen molar-refractivity contribution in [1.29, 1.82) is 0 Å². The third kappa shape index (κ3) is 3.28. The molecule has 0 atom stereocenters. The van der Waals surface area contributed by atoms with Crippen LogP contribution in [0.4, 0.5) is 0 Å². The molecular weight excluding hydrogens is 346 g/mol. The first-order chi connectivity index (χ1) is 12.7. The number of thioether (sulfide) groups is 1. The Morgan fingerprint density at radius 3 is 2.85 bits per heavy atom. The normalized spacial score (nSPS) is 16.8. The summed E-state index contributed by atoms with van der Waals surface area (Å²) in [7, 11) is 0. The summed E-state index contributed by atoms with van der Waals surface area (Å²) in [4.78, 5) is 14.1. The van der Waals surface area contributed by atoms with Gasteiger partial charge in [-0.3, -0.25) is 9.69 Å². The van der Waals surface area contributed by atoms with Crippen molar-refractivity contribution in [3.63, 3.8) is 0 Å². The molecule has 3 aromatic rings. The lowest BCUT2D eigenvalue weighted by molar-refractivity contribution is -0.124. The minimum Gasteiger partial charge on any atom is -0.463 e. The third-order valence-corrected chi connectivity index (χ3v) is 5.18. The number of amides is 1. The summed E-state index contributed by atoms with van der Waals surface area (Å²) in [5.74, 6) is 1.11. The van der Waals surface area contributed by atoms with Gasteiger partial charge < -0.3 is 4.42 Å². The molecule has 0 saturated carbocycles. The van der Waals surface area contributed by atoms with Crippen molar-refractivity contribution >= 4 is 39.3 Å². The lowest BCUT2D eigenvalue weighted by Gasteiger charge is -2.16. The van der Waals surface area contributed by atoms with Gasteiger partial charge in [0.1, 0.15) is 11.5 Å². The van der Waals surface area contributed by atoms with Gasteiger partial charge in [0, 0.05) is 0 Å². The van der Waals surface area contributed by atoms with Crippen molar-refractivity contribution in [3.05, 3.63) is 72.2 Å². The van der Waals surface area contributed by atoms with E-state index in [1.54, 1.807) is 11.2 Å². The smallest absolute Gasteiger partial charge is 0.239 e. The predicted octanol–water partition coefficient (Wildman–Crippen LogP) is 4.29. The quantitative estimate of drug-likeness (QED) is 0.513. The van der Waals surface area contributed by atoms with Crippen LogP contribution in [0.25, 0.3) is 10.8 Å². The fraction of sp³-hybridized carbons (Fsp3) is 0.150. The molecule has 6 heteroatoms. The largest absolute Gasteiger partial charge is 0.463 e. The van der Waals surface area contributed by atoms with E-state index in [1.165, 1.54) is 11.8 Å². The molecule has 2 heterocycles. The average Bonchev–Trinajstić information content (AvgIpc) is 3.31. The lowest BCUT2D eigenvalue weighted by atomic mass is 10.0. The molecule has 130 valence electrons. The van der Waals surface area contributed by atoms with Gasteiger partial charge in [-0.15, -0.1) is 10.2 Å². The van der Waals surface area contributed by atoms with Crippen molar-refractivity contribution in [2.45, 2.75) is 13.5 Å². The number of hydrogen-bond acceptors (Lipinski definition) is 5. The van der Waals surface area contributed by atoms with Gasteiger partial charge in [0.15, 0.2) is 5.17 Å². The summed E-state index contributed by atoms with van der Waals surface area (Å²) >= 11 is 1.41. The summed E-state index contributed by atoms with van der Waals surface area (Å²) in [6.45, 7) is 2.32. The van der Waals surface area contributed by atoms with E-state index < -0.39 is 0 Å². The molecule has 1 aromatic heterocycles. The molecule has 5 nitrogen and oxygen atoms in total. The molecule has 4 rings (SSSR count). The number of carbonyl (C=O) groups is 1. The van der Waals surface area contributed by atoms with E-state index in [-0.39, 0.29) is 5.91 Å². The second-order valence-corrected chi connectivity index (χ2v) is 6.89. The maximum atomic E-state index is 12.4. The van der Waals surface area contributed by atoms with E-state index in [0.29, 0.717) is 28.9 Å². The van der Waals surface area contributed by atoms with Gasteiger partial charge in [-0.2, -0.15) is 0 Å². The summed E-state index contributed by atoms with van der Waals surface area (Å²) in [5, 5.41) is 11.5. The Bertz CT molecular complexity index is 1000. The van der Waals surface area contributed by atoms with Crippen molar-refractivity contribution in [2.75, 3.05) is 5.75 Å². The molecule has 0 spiro atoms. The Morgan fingerprint density at radius 1 is 1.15 bits per heavy atom. The fourth-order valence-corrected chi connectivity index (χ4v) is 3.71. The van der Waals surface area contributed by atoms with Gasteiger partial charge >= 0.3 is 0 Å². The van der Waals surface area contributed by atoms with Gasteiger partial charge in [-0.1, -0.05) is 54.2 Å². The number of rotatable bonds is 4. The second-order valence-electron chi connectivity index (χ2n) is 5.95. The van der Waals surface area contributed by atoms with E-state index in [4.69, 9.17) is 4.42 Å². The summed E-state index contributed by atoms with van der Waals surface area (Å²) in [6.07, 6.45) is 1.60. The van der Waals surface area contributed by atoms with Crippen LogP contribution < -0.4 is 0 Å². The first kappa shape index (κ1) is 16.6. The lowest BCUT2D eigenvalue weighted by Crippen LogP contribution is -2.29. The fourth-order valence-electron chi connectivity index (χ4n) is 2.88. The number of furan rings is 1. The topological polar surface area (TPSA) is 58.2 Å². The molecule has 1 saturated heterocycles. The molecule has 0 radical (unpaired) electrons. The highest BCUT2D eigenvalue weighted by Crippen LogP contribution is 2.25. The number of carbonyl (C=O) groups excluding carboxylic acids is 1. The highest BCUT2D eigenvalue weighted by atomic mass is 32.2. The first-order valence-corrected chi connectivity index (χ1v) is 9.27. The van der Waals surface area contributed by atoms with Crippen LogP contribution in [0.3, 0.4) is 0 Å². The Labute approximate surface area is 155 Å². The van der Waals surface area contributed by atoms with Crippen LogP contribution in [0.15, 0.2) is 75.5 Å². The molecule has 1 amide bonds. The Hall–Kier alpha value is -2.86. The molecule has 0 bridgehead atoms. The van der Waals surface area contributed by atoms with Gasteiger partial charge in [-0.25, -0.2) is 0 Å². The Balaban J connectivity index is 1.62. The average molecular weight is 363 g/mol. The highest BCUT2D eigenvalue weighted by molar-refractivity contribution is 8.15. The number of fused-ring (bicyclic) bond motifs is 1. The maximum absolute atomic E-state index is 12.4. The number of nitrogens with zero attached hydrogens (tertiary/aromatic N) is 3. The number of benzene rings is 2. The molecule has 26 heavy (non-hydrogen) atoms. The van der Waals surface area contributed by atoms with Crippen LogP contribution in [0.1, 0.15) is 18.2 Å². The monoisotopic (exact) mass is 363 g/mol. The summed E-state index contributed by atoms with van der Waals surface area (Å²) < 4.78 is 5.31. The highest BCUT2D eigenvalue weighted by Gasteiger charge is 2.28. The number of amidine groups is 1. The minimum absolute atomic E-state index is 0.0486. The zero-order valence-electron chi connectivity index (χ0n) is 14.3. The second kappa shape index (κ2) is 7.17. The van der Waals surface area contributed by atoms with E-state index in [2.05, 4.69) is 28.4 Å². The molecule has 2 aromatic carbocycles. The van der Waals surface area contributed by atoms with Crippen molar-refractivity contribution < 1.29 is 9.21 Å². The Kier molecular flexibility index (Phi) is 4.58. The van der Waals surface area contributed by atoms with Crippen LogP contribution in [-0.2, 0) is 11.3 Å². The SMILES string of the molecule is C/C(=N\N=C1/SCC(=O)N1Cc1cccc2ccccc12)c1ccco1. The number of hydrogen-bond donors (Lipinski definition) is 0. The molecule has 1 aliphatic rings. The van der Waals surface area contributed by atoms with Gasteiger partial charge in [-0.05, 0) is 35.4 Å². The Morgan fingerprint density at radius 2 is 2.00 bits per heavy atom. The molecule has 1 fully saturated rings. The van der Waals surface area contributed by atoms with E-state index in [9.17, 15) is 4.79 Å². The standard InChI is InChI=1S/C20H17N3O2S/c1-14(18-10-5-11-25-18)21-22-20-23(19(24)13-26-20)12-16-8-4-7-15-6-2-3-9-17(15)16/h2-11H,12-13H2,1H3/b21-14+,22-20-. The van der Waals surface area contributed by atoms with Gasteiger partial charge in [0.05, 0.1) is 18.6 Å². The zero-order chi connectivity index (χ0) is 17.9. The van der Waals surface area contributed by atoms with Crippen LogP contribution in [0, 0.1) is 0 Å². The van der Waals surface area contributed by atoms with Crippen molar-refractivity contribution in [3.8, 4) is 0 Å². The van der Waals surface area contributed by atoms with Crippen molar-refractivity contribution in [2.24, 2.45) is 10.2 Å². The minimum atomic E-state index is 0.0486. The van der Waals surface area contributed by atoms with Crippen LogP contribution in [0.5, 0.6) is 0 Å². The van der Waals surface area contributed by atoms with E-state index in [1.807, 2.05) is 43.3 Å². The van der Waals surface area contributed by atoms with Crippen LogP contribution in [-0.4, -0.2) is 27.4 Å². The third-order valence-electron chi connectivity index (χ3n) is 4.23. The zero-order valence-corrected chi connectivity index (χ0v) is 15.1. The van der Waals surface area contributed by atoms with E-state index in [0.717, 1.165) is 16.3 Å². The molecule has 0 N–H and O–H groups in total. The maximum Gasteiger partial charge on any atom is 0.239 e. The van der Waals surface area contributed by atoms with E-state index >= 15 is 0 Å².